The van der Waals surface area contributed by atoms with E-state index >= 15 is 0 Å². The molecule has 0 amide bonds. The standard InChI is InChI=1S/C8H10N2S/c1-6-2-3-8(11-6)7(10)4-5-9/h2-3,7H,4,10H2,1H3. The van der Waals surface area contributed by atoms with E-state index in [-0.39, 0.29) is 6.04 Å². The molecule has 11 heavy (non-hydrogen) atoms. The first-order valence-electron chi connectivity index (χ1n) is 3.43. The fraction of sp³-hybridized carbons (Fsp3) is 0.375. The predicted octanol–water partition coefficient (Wildman–Crippen LogP) is 1.97. The third kappa shape index (κ3) is 2.04. The number of hydrogen-bond acceptors (Lipinski definition) is 3. The molecule has 0 aliphatic carbocycles. The molecule has 1 aromatic heterocycles. The van der Waals surface area contributed by atoms with E-state index in [1.807, 2.05) is 19.1 Å². The van der Waals surface area contributed by atoms with Gasteiger partial charge in [-0.1, -0.05) is 0 Å². The van der Waals surface area contributed by atoms with Crippen molar-refractivity contribution in [3.8, 4) is 6.07 Å². The van der Waals surface area contributed by atoms with Gasteiger partial charge in [-0.3, -0.25) is 0 Å². The van der Waals surface area contributed by atoms with Crippen molar-refractivity contribution in [2.24, 2.45) is 5.73 Å². The molecule has 1 unspecified atom stereocenters. The topological polar surface area (TPSA) is 49.8 Å². The minimum absolute atomic E-state index is 0.0984. The molecule has 58 valence electrons. The predicted molar refractivity (Wildman–Crippen MR) is 46.2 cm³/mol. The van der Waals surface area contributed by atoms with Gasteiger partial charge in [0.2, 0.25) is 0 Å². The van der Waals surface area contributed by atoms with Gasteiger partial charge < -0.3 is 5.73 Å². The number of thiophene rings is 1. The van der Waals surface area contributed by atoms with E-state index in [4.69, 9.17) is 11.0 Å². The second kappa shape index (κ2) is 3.51. The lowest BCUT2D eigenvalue weighted by molar-refractivity contribution is 0.765. The van der Waals surface area contributed by atoms with E-state index in [1.54, 1.807) is 11.3 Å². The monoisotopic (exact) mass is 166 g/mol. The SMILES string of the molecule is Cc1ccc(C(N)CC#N)s1. The Hall–Kier alpha value is -0.850. The summed E-state index contributed by atoms with van der Waals surface area (Å²) >= 11 is 1.66. The third-order valence-corrected chi connectivity index (χ3v) is 2.57. The van der Waals surface area contributed by atoms with Gasteiger partial charge in [0.15, 0.2) is 0 Å². The van der Waals surface area contributed by atoms with Crippen LogP contribution in [0.3, 0.4) is 0 Å². The highest BCUT2D eigenvalue weighted by Crippen LogP contribution is 2.22. The fourth-order valence-electron chi connectivity index (χ4n) is 0.852. The number of nitrogens with zero attached hydrogens (tertiary/aromatic N) is 1. The summed E-state index contributed by atoms with van der Waals surface area (Å²) < 4.78 is 0. The van der Waals surface area contributed by atoms with E-state index in [2.05, 4.69) is 6.07 Å². The molecule has 2 nitrogen and oxygen atoms in total. The van der Waals surface area contributed by atoms with E-state index in [1.165, 1.54) is 4.88 Å². The molecule has 0 bridgehead atoms. The van der Waals surface area contributed by atoms with Gasteiger partial charge in [0, 0.05) is 9.75 Å². The van der Waals surface area contributed by atoms with Gasteiger partial charge in [0.1, 0.15) is 0 Å². The van der Waals surface area contributed by atoms with Gasteiger partial charge in [0.05, 0.1) is 18.5 Å². The lowest BCUT2D eigenvalue weighted by Gasteiger charge is -2.01. The molecule has 2 N–H and O–H groups in total. The molecule has 1 aromatic rings. The Morgan fingerprint density at radius 2 is 2.45 bits per heavy atom. The van der Waals surface area contributed by atoms with E-state index in [0.717, 1.165) is 4.88 Å². The summed E-state index contributed by atoms with van der Waals surface area (Å²) in [5, 5.41) is 8.38. The molecule has 0 spiro atoms. The van der Waals surface area contributed by atoms with Crippen LogP contribution in [0.4, 0.5) is 0 Å². The number of rotatable bonds is 2. The Kier molecular flexibility index (Phi) is 2.64. The molecule has 0 radical (unpaired) electrons. The normalized spacial score (nSPS) is 12.5. The first-order chi connectivity index (χ1) is 5.24. The maximum atomic E-state index is 8.38. The highest BCUT2D eigenvalue weighted by molar-refractivity contribution is 7.12. The Labute approximate surface area is 70.3 Å². The second-order valence-electron chi connectivity index (χ2n) is 2.42. The number of nitrogens with two attached hydrogens (primary N) is 1. The van der Waals surface area contributed by atoms with Crippen molar-refractivity contribution in [3.05, 3.63) is 21.9 Å². The van der Waals surface area contributed by atoms with Crippen molar-refractivity contribution in [1.29, 1.82) is 5.26 Å². The van der Waals surface area contributed by atoms with Gasteiger partial charge in [-0.05, 0) is 19.1 Å². The van der Waals surface area contributed by atoms with Gasteiger partial charge in [-0.2, -0.15) is 5.26 Å². The van der Waals surface area contributed by atoms with Crippen LogP contribution in [0.2, 0.25) is 0 Å². The van der Waals surface area contributed by atoms with E-state index in [9.17, 15) is 0 Å². The molecule has 1 heterocycles. The van der Waals surface area contributed by atoms with Crippen molar-refractivity contribution < 1.29 is 0 Å². The quantitative estimate of drug-likeness (QED) is 0.730. The van der Waals surface area contributed by atoms with E-state index < -0.39 is 0 Å². The Morgan fingerprint density at radius 3 is 2.91 bits per heavy atom. The summed E-state index contributed by atoms with van der Waals surface area (Å²) in [5.41, 5.74) is 5.71. The fourth-order valence-corrected chi connectivity index (χ4v) is 1.73. The molecule has 0 saturated carbocycles. The minimum Gasteiger partial charge on any atom is -0.322 e. The highest BCUT2D eigenvalue weighted by Gasteiger charge is 2.06. The third-order valence-electron chi connectivity index (χ3n) is 1.44. The maximum absolute atomic E-state index is 8.38. The average molecular weight is 166 g/mol. The van der Waals surface area contributed by atoms with Crippen LogP contribution in [-0.4, -0.2) is 0 Å². The van der Waals surface area contributed by atoms with Gasteiger partial charge >= 0.3 is 0 Å². The number of aryl methyl sites for hydroxylation is 1. The first kappa shape index (κ1) is 8.25. The number of nitriles is 1. The highest BCUT2D eigenvalue weighted by atomic mass is 32.1. The summed E-state index contributed by atoms with van der Waals surface area (Å²) in [6.45, 7) is 2.03. The van der Waals surface area contributed by atoms with Crippen molar-refractivity contribution >= 4 is 11.3 Å². The summed E-state index contributed by atoms with van der Waals surface area (Å²) in [7, 11) is 0. The lowest BCUT2D eigenvalue weighted by Crippen LogP contribution is -2.06. The molecule has 0 fully saturated rings. The minimum atomic E-state index is -0.0984. The Bertz CT molecular complexity index is 272. The van der Waals surface area contributed by atoms with Crippen LogP contribution in [-0.2, 0) is 0 Å². The Balaban J connectivity index is 2.70. The summed E-state index contributed by atoms with van der Waals surface area (Å²) in [6.07, 6.45) is 0.403. The van der Waals surface area contributed by atoms with E-state index in [0.29, 0.717) is 6.42 Å². The van der Waals surface area contributed by atoms with Crippen molar-refractivity contribution in [2.45, 2.75) is 19.4 Å². The zero-order valence-corrected chi connectivity index (χ0v) is 7.19. The van der Waals surface area contributed by atoms with Crippen LogP contribution in [0.15, 0.2) is 12.1 Å². The lowest BCUT2D eigenvalue weighted by atomic mass is 10.2. The zero-order chi connectivity index (χ0) is 8.27. The van der Waals surface area contributed by atoms with Gasteiger partial charge in [0.25, 0.3) is 0 Å². The molecular formula is C8H10N2S. The molecule has 0 aromatic carbocycles. The second-order valence-corrected chi connectivity index (χ2v) is 3.74. The van der Waals surface area contributed by atoms with Crippen LogP contribution in [0, 0.1) is 18.3 Å². The molecule has 0 aliphatic rings. The van der Waals surface area contributed by atoms with Crippen LogP contribution in [0.5, 0.6) is 0 Å². The molecule has 0 saturated heterocycles. The maximum Gasteiger partial charge on any atom is 0.0642 e. The smallest absolute Gasteiger partial charge is 0.0642 e. The van der Waals surface area contributed by atoms with Gasteiger partial charge in [-0.25, -0.2) is 0 Å². The van der Waals surface area contributed by atoms with Gasteiger partial charge in [-0.15, -0.1) is 11.3 Å². The van der Waals surface area contributed by atoms with Crippen molar-refractivity contribution in [3.63, 3.8) is 0 Å². The van der Waals surface area contributed by atoms with Crippen LogP contribution >= 0.6 is 11.3 Å². The van der Waals surface area contributed by atoms with Crippen molar-refractivity contribution in [1.82, 2.24) is 0 Å². The zero-order valence-electron chi connectivity index (χ0n) is 6.37. The molecule has 1 atom stereocenters. The summed E-state index contributed by atoms with van der Waals surface area (Å²) in [5.74, 6) is 0. The first-order valence-corrected chi connectivity index (χ1v) is 4.24. The van der Waals surface area contributed by atoms with Crippen molar-refractivity contribution in [2.75, 3.05) is 0 Å². The van der Waals surface area contributed by atoms with Crippen LogP contribution < -0.4 is 5.73 Å². The molecular weight excluding hydrogens is 156 g/mol. The number of hydrogen-bond donors (Lipinski definition) is 1. The summed E-state index contributed by atoms with van der Waals surface area (Å²) in [6, 6.07) is 5.97. The average Bonchev–Trinajstić information content (AvgIpc) is 2.36. The van der Waals surface area contributed by atoms with Crippen LogP contribution in [0.1, 0.15) is 22.2 Å². The summed E-state index contributed by atoms with van der Waals surface area (Å²) in [4.78, 5) is 2.34. The molecule has 3 heteroatoms. The molecule has 1 rings (SSSR count). The Morgan fingerprint density at radius 1 is 1.73 bits per heavy atom. The molecule has 0 aliphatic heterocycles. The van der Waals surface area contributed by atoms with Crippen LogP contribution in [0.25, 0.3) is 0 Å². The largest absolute Gasteiger partial charge is 0.322 e.